The molecule has 0 saturated heterocycles. The molecule has 0 unspecified atom stereocenters. The molecule has 1 aliphatic rings. The van der Waals surface area contributed by atoms with Gasteiger partial charge < -0.3 is 10.6 Å². The molecule has 8 nitrogen and oxygen atoms in total. The summed E-state index contributed by atoms with van der Waals surface area (Å²) in [5.74, 6) is 1.37. The Morgan fingerprint density at radius 3 is 2.57 bits per heavy atom. The van der Waals surface area contributed by atoms with Crippen molar-refractivity contribution in [2.45, 2.75) is 31.3 Å². The number of hydrogen-bond donors (Lipinski definition) is 2. The first kappa shape index (κ1) is 19.0. The number of aromatic nitrogens is 5. The van der Waals surface area contributed by atoms with E-state index in [9.17, 15) is 4.79 Å². The molecular formula is C20H18ClN7OS. The van der Waals surface area contributed by atoms with E-state index < -0.39 is 0 Å². The quantitative estimate of drug-likeness (QED) is 0.489. The smallest absolute Gasteiger partial charge is 0.289 e. The van der Waals surface area contributed by atoms with Crippen LogP contribution in [0.3, 0.4) is 0 Å². The molecule has 4 aromatic rings. The van der Waals surface area contributed by atoms with Gasteiger partial charge in [0.05, 0.1) is 35.5 Å². The van der Waals surface area contributed by atoms with Crippen molar-refractivity contribution in [2.75, 3.05) is 10.6 Å². The van der Waals surface area contributed by atoms with Gasteiger partial charge in [-0.25, -0.2) is 15.0 Å². The fraction of sp³-hybridized carbons (Fsp3) is 0.250. The second-order valence-electron chi connectivity index (χ2n) is 7.19. The summed E-state index contributed by atoms with van der Waals surface area (Å²) >= 11 is 7.25. The van der Waals surface area contributed by atoms with Crippen LogP contribution in [0.15, 0.2) is 53.2 Å². The third-order valence-electron chi connectivity index (χ3n) is 5.13. The molecule has 1 aliphatic carbocycles. The molecule has 0 aliphatic heterocycles. The van der Waals surface area contributed by atoms with Crippen LogP contribution in [0.25, 0.3) is 15.8 Å². The van der Waals surface area contributed by atoms with Crippen LogP contribution in [0.5, 0.6) is 0 Å². The zero-order valence-corrected chi connectivity index (χ0v) is 17.4. The topological polar surface area (TPSA) is 97.6 Å². The number of nitrogens with zero attached hydrogens (tertiary/aromatic N) is 5. The van der Waals surface area contributed by atoms with Gasteiger partial charge in [0.25, 0.3) is 5.56 Å². The van der Waals surface area contributed by atoms with Crippen molar-refractivity contribution in [1.82, 2.24) is 24.7 Å². The van der Waals surface area contributed by atoms with Crippen molar-refractivity contribution in [1.29, 1.82) is 0 Å². The normalized spacial score (nSPS) is 18.6. The second kappa shape index (κ2) is 8.00. The standard InChI is InChI=1S/C20H18ClN7OS/c21-13-9-23-20(24-10-13)27-15-2-1-14(7-15)26-17-4-3-16(11-22-17)28-19(29)18-12(8-25-28)5-6-30-18/h3-6,8-11,14-15H,1-2,7H2,(H,22,26)(H,23,24,27)/t14-,15-/m0/s1. The summed E-state index contributed by atoms with van der Waals surface area (Å²) in [6.07, 6.45) is 9.52. The van der Waals surface area contributed by atoms with E-state index >= 15 is 0 Å². The maximum absolute atomic E-state index is 12.6. The number of nitrogens with one attached hydrogen (secondary N) is 2. The van der Waals surface area contributed by atoms with Gasteiger partial charge >= 0.3 is 0 Å². The lowest BCUT2D eigenvalue weighted by atomic mass is 10.2. The molecule has 1 fully saturated rings. The molecule has 4 aromatic heterocycles. The van der Waals surface area contributed by atoms with Crippen molar-refractivity contribution < 1.29 is 0 Å². The Hall–Kier alpha value is -3.04. The fourth-order valence-corrected chi connectivity index (χ4v) is 4.56. The maximum atomic E-state index is 12.6. The number of thiophene rings is 1. The third kappa shape index (κ3) is 3.86. The van der Waals surface area contributed by atoms with Gasteiger partial charge in [-0.05, 0) is 42.8 Å². The number of rotatable bonds is 5. The zero-order valence-electron chi connectivity index (χ0n) is 15.8. The molecule has 2 N–H and O–H groups in total. The van der Waals surface area contributed by atoms with Gasteiger partial charge in [-0.15, -0.1) is 11.3 Å². The Kier molecular flexibility index (Phi) is 5.06. The first-order chi connectivity index (χ1) is 14.7. The molecule has 0 spiro atoms. The second-order valence-corrected chi connectivity index (χ2v) is 8.54. The lowest BCUT2D eigenvalue weighted by molar-refractivity contribution is 0.716. The SMILES string of the molecule is O=c1c2sccc2cnn1-c1ccc(N[C@H]2CC[C@H](Nc3ncc(Cl)cn3)C2)nc1. The molecule has 2 atom stereocenters. The van der Waals surface area contributed by atoms with Crippen molar-refractivity contribution >= 4 is 44.8 Å². The van der Waals surface area contributed by atoms with Gasteiger partial charge in [0.15, 0.2) is 0 Å². The van der Waals surface area contributed by atoms with Crippen molar-refractivity contribution in [2.24, 2.45) is 0 Å². The Balaban J connectivity index is 1.23. The number of fused-ring (bicyclic) bond motifs is 1. The van der Waals surface area contributed by atoms with Gasteiger partial charge in [0, 0.05) is 17.5 Å². The highest BCUT2D eigenvalue weighted by atomic mass is 35.5. The van der Waals surface area contributed by atoms with E-state index in [-0.39, 0.29) is 5.56 Å². The molecular weight excluding hydrogens is 422 g/mol. The number of pyridine rings is 1. The maximum Gasteiger partial charge on any atom is 0.289 e. The number of halogens is 1. The number of hydrogen-bond acceptors (Lipinski definition) is 8. The predicted molar refractivity (Wildman–Crippen MR) is 119 cm³/mol. The summed E-state index contributed by atoms with van der Waals surface area (Å²) in [6, 6.07) is 6.23. The summed E-state index contributed by atoms with van der Waals surface area (Å²) in [5.41, 5.74) is 0.519. The van der Waals surface area contributed by atoms with Gasteiger partial charge in [0.1, 0.15) is 10.5 Å². The van der Waals surface area contributed by atoms with E-state index in [4.69, 9.17) is 11.6 Å². The third-order valence-corrected chi connectivity index (χ3v) is 6.24. The molecule has 152 valence electrons. The Morgan fingerprint density at radius 1 is 1.00 bits per heavy atom. The van der Waals surface area contributed by atoms with Gasteiger partial charge in [-0.3, -0.25) is 4.79 Å². The van der Waals surface area contributed by atoms with Crippen LogP contribution in [0.2, 0.25) is 5.02 Å². The van der Waals surface area contributed by atoms with E-state index in [2.05, 4.69) is 30.7 Å². The van der Waals surface area contributed by atoms with Crippen LogP contribution in [0.4, 0.5) is 11.8 Å². The zero-order chi connectivity index (χ0) is 20.5. The van der Waals surface area contributed by atoms with E-state index in [0.29, 0.717) is 33.4 Å². The summed E-state index contributed by atoms with van der Waals surface area (Å²) in [6.45, 7) is 0. The van der Waals surface area contributed by atoms with Crippen molar-refractivity contribution in [3.05, 3.63) is 63.7 Å². The molecule has 1 saturated carbocycles. The van der Waals surface area contributed by atoms with Crippen LogP contribution in [-0.2, 0) is 0 Å². The fourth-order valence-electron chi connectivity index (χ4n) is 3.67. The van der Waals surface area contributed by atoms with Crippen LogP contribution in [0, 0.1) is 0 Å². The predicted octanol–water partition coefficient (Wildman–Crippen LogP) is 3.73. The van der Waals surface area contributed by atoms with Crippen molar-refractivity contribution in [3.63, 3.8) is 0 Å². The Bertz CT molecular complexity index is 1220. The average molecular weight is 440 g/mol. The lowest BCUT2D eigenvalue weighted by Gasteiger charge is -2.15. The minimum atomic E-state index is -0.126. The summed E-state index contributed by atoms with van der Waals surface area (Å²) in [5, 5.41) is 14.4. The van der Waals surface area contributed by atoms with E-state index in [1.54, 1.807) is 24.8 Å². The summed E-state index contributed by atoms with van der Waals surface area (Å²) in [7, 11) is 0. The first-order valence-corrected chi connectivity index (χ1v) is 10.8. The molecule has 0 aromatic carbocycles. The minimum Gasteiger partial charge on any atom is -0.367 e. The summed E-state index contributed by atoms with van der Waals surface area (Å²) in [4.78, 5) is 25.5. The Morgan fingerprint density at radius 2 is 1.80 bits per heavy atom. The minimum absolute atomic E-state index is 0.126. The molecule has 10 heteroatoms. The van der Waals surface area contributed by atoms with Crippen LogP contribution in [0.1, 0.15) is 19.3 Å². The van der Waals surface area contributed by atoms with Crippen LogP contribution < -0.4 is 16.2 Å². The average Bonchev–Trinajstić information content (AvgIpc) is 3.41. The molecule has 5 rings (SSSR count). The van der Waals surface area contributed by atoms with E-state index in [1.807, 2.05) is 23.6 Å². The van der Waals surface area contributed by atoms with Gasteiger partial charge in [-0.1, -0.05) is 11.6 Å². The monoisotopic (exact) mass is 439 g/mol. The Labute approximate surface area is 181 Å². The molecule has 30 heavy (non-hydrogen) atoms. The highest BCUT2D eigenvalue weighted by Crippen LogP contribution is 2.25. The van der Waals surface area contributed by atoms with Crippen LogP contribution in [-0.4, -0.2) is 36.8 Å². The van der Waals surface area contributed by atoms with Gasteiger partial charge in [0.2, 0.25) is 5.95 Å². The largest absolute Gasteiger partial charge is 0.367 e. The highest BCUT2D eigenvalue weighted by Gasteiger charge is 2.25. The van der Waals surface area contributed by atoms with E-state index in [1.165, 1.54) is 16.0 Å². The van der Waals surface area contributed by atoms with Gasteiger partial charge in [-0.2, -0.15) is 9.78 Å². The highest BCUT2D eigenvalue weighted by molar-refractivity contribution is 7.17. The summed E-state index contributed by atoms with van der Waals surface area (Å²) < 4.78 is 2.08. The first-order valence-electron chi connectivity index (χ1n) is 9.58. The molecule has 0 amide bonds. The van der Waals surface area contributed by atoms with Crippen molar-refractivity contribution in [3.8, 4) is 5.69 Å². The molecule has 0 radical (unpaired) electrons. The molecule has 4 heterocycles. The lowest BCUT2D eigenvalue weighted by Crippen LogP contribution is -2.22. The van der Waals surface area contributed by atoms with Crippen LogP contribution >= 0.6 is 22.9 Å². The van der Waals surface area contributed by atoms with E-state index in [0.717, 1.165) is 30.5 Å². The number of anilines is 2. The molecule has 0 bridgehead atoms.